The van der Waals surface area contributed by atoms with E-state index >= 15 is 0 Å². The minimum absolute atomic E-state index is 0.201. The van der Waals surface area contributed by atoms with Crippen molar-refractivity contribution >= 4 is 27.8 Å². The Morgan fingerprint density at radius 1 is 1.45 bits per heavy atom. The first-order valence-electron chi connectivity index (χ1n) is 7.67. The maximum atomic E-state index is 12.0. The maximum Gasteiger partial charge on any atom is 0.410 e. The number of hydrogen-bond donors (Lipinski definition) is 1. The highest BCUT2D eigenvalue weighted by Crippen LogP contribution is 2.20. The number of halogens is 1. The molecule has 1 aromatic heterocycles. The molecule has 1 amide bonds. The second kappa shape index (κ2) is 7.31. The van der Waals surface area contributed by atoms with Crippen LogP contribution in [0, 0.1) is 5.92 Å². The van der Waals surface area contributed by atoms with E-state index in [1.807, 2.05) is 32.9 Å². The van der Waals surface area contributed by atoms with E-state index in [1.54, 1.807) is 11.1 Å². The largest absolute Gasteiger partial charge is 0.444 e. The molecule has 0 unspecified atom stereocenters. The van der Waals surface area contributed by atoms with Crippen molar-refractivity contribution in [3.05, 3.63) is 22.8 Å². The molecule has 0 spiro atoms. The first-order chi connectivity index (χ1) is 10.3. The molecule has 1 aliphatic heterocycles. The molecule has 6 heteroatoms. The van der Waals surface area contributed by atoms with Crippen molar-refractivity contribution in [1.82, 2.24) is 9.88 Å². The molecule has 0 aliphatic carbocycles. The first-order valence-corrected chi connectivity index (χ1v) is 8.46. The molecule has 2 heterocycles. The predicted molar refractivity (Wildman–Crippen MR) is 91.0 cm³/mol. The summed E-state index contributed by atoms with van der Waals surface area (Å²) in [7, 11) is 0. The third-order valence-electron chi connectivity index (χ3n) is 3.56. The van der Waals surface area contributed by atoms with Crippen LogP contribution >= 0.6 is 15.9 Å². The number of carbonyl (C=O) groups excluding carboxylic acids is 1. The molecular formula is C16H24BrN3O2. The first kappa shape index (κ1) is 17.1. The number of nitrogens with one attached hydrogen (secondary N) is 1. The molecular weight excluding hydrogens is 346 g/mol. The van der Waals surface area contributed by atoms with Gasteiger partial charge in [0.2, 0.25) is 0 Å². The number of piperidine rings is 1. The Kier molecular flexibility index (Phi) is 5.67. The highest BCUT2D eigenvalue weighted by molar-refractivity contribution is 9.10. The summed E-state index contributed by atoms with van der Waals surface area (Å²) >= 11 is 3.44. The predicted octanol–water partition coefficient (Wildman–Crippen LogP) is 3.90. The zero-order valence-electron chi connectivity index (χ0n) is 13.4. The van der Waals surface area contributed by atoms with E-state index in [0.717, 1.165) is 42.8 Å². The number of amides is 1. The van der Waals surface area contributed by atoms with Gasteiger partial charge in [0.25, 0.3) is 0 Å². The van der Waals surface area contributed by atoms with E-state index < -0.39 is 5.60 Å². The summed E-state index contributed by atoms with van der Waals surface area (Å²) in [6, 6.07) is 3.88. The Balaban J connectivity index is 1.74. The Hall–Kier alpha value is -1.30. The Labute approximate surface area is 140 Å². The topological polar surface area (TPSA) is 54.5 Å². The molecule has 22 heavy (non-hydrogen) atoms. The van der Waals surface area contributed by atoms with Gasteiger partial charge in [-0.15, -0.1) is 0 Å². The minimum atomic E-state index is -0.429. The van der Waals surface area contributed by atoms with Crippen molar-refractivity contribution in [2.24, 2.45) is 5.92 Å². The number of rotatable bonds is 3. The summed E-state index contributed by atoms with van der Waals surface area (Å²) in [5.74, 6) is 1.43. The molecule has 2 rings (SSSR count). The van der Waals surface area contributed by atoms with Crippen LogP contribution in [0.4, 0.5) is 10.6 Å². The smallest absolute Gasteiger partial charge is 0.410 e. The highest BCUT2D eigenvalue weighted by Gasteiger charge is 2.26. The quantitative estimate of drug-likeness (QED) is 0.877. The van der Waals surface area contributed by atoms with E-state index in [0.29, 0.717) is 5.92 Å². The van der Waals surface area contributed by atoms with Crippen molar-refractivity contribution in [2.45, 2.75) is 39.2 Å². The lowest BCUT2D eigenvalue weighted by molar-refractivity contribution is 0.0188. The van der Waals surface area contributed by atoms with Gasteiger partial charge >= 0.3 is 6.09 Å². The molecule has 122 valence electrons. The fourth-order valence-corrected chi connectivity index (χ4v) is 2.73. The van der Waals surface area contributed by atoms with Gasteiger partial charge in [-0.3, -0.25) is 0 Å². The molecule has 0 aromatic carbocycles. The monoisotopic (exact) mass is 369 g/mol. The fourth-order valence-electron chi connectivity index (χ4n) is 2.40. The number of nitrogens with zero attached hydrogens (tertiary/aromatic N) is 2. The fraction of sp³-hybridized carbons (Fsp3) is 0.625. The van der Waals surface area contributed by atoms with Crippen molar-refractivity contribution in [1.29, 1.82) is 0 Å². The number of anilines is 1. The average molecular weight is 370 g/mol. The normalized spacial score (nSPS) is 16.5. The Morgan fingerprint density at radius 2 is 2.14 bits per heavy atom. The molecule has 1 aromatic rings. The number of pyridine rings is 1. The summed E-state index contributed by atoms with van der Waals surface area (Å²) in [5, 5.41) is 3.36. The van der Waals surface area contributed by atoms with Crippen LogP contribution < -0.4 is 5.32 Å². The molecule has 0 saturated carbocycles. The van der Waals surface area contributed by atoms with Gasteiger partial charge in [0.05, 0.1) is 0 Å². The van der Waals surface area contributed by atoms with E-state index in [-0.39, 0.29) is 6.09 Å². The standard InChI is InChI=1S/C16H24BrN3O2/c1-16(2,3)22-15(21)20-8-5-12(6-9-20)11-19-14-10-13(17)4-7-18-14/h4,7,10,12H,5-6,8-9,11H2,1-3H3,(H,18,19). The number of ether oxygens (including phenoxy) is 1. The van der Waals surface area contributed by atoms with E-state index in [9.17, 15) is 4.79 Å². The molecule has 5 nitrogen and oxygen atoms in total. The third-order valence-corrected chi connectivity index (χ3v) is 4.05. The zero-order chi connectivity index (χ0) is 16.2. The van der Waals surface area contributed by atoms with E-state index in [1.165, 1.54) is 0 Å². The maximum absolute atomic E-state index is 12.0. The van der Waals surface area contributed by atoms with Gasteiger partial charge in [-0.2, -0.15) is 0 Å². The molecule has 0 atom stereocenters. The summed E-state index contributed by atoms with van der Waals surface area (Å²) in [6.07, 6.45) is 3.55. The van der Waals surface area contributed by atoms with Gasteiger partial charge < -0.3 is 15.0 Å². The molecule has 1 saturated heterocycles. The second-order valence-electron chi connectivity index (χ2n) is 6.65. The van der Waals surface area contributed by atoms with Crippen LogP contribution in [0.2, 0.25) is 0 Å². The van der Waals surface area contributed by atoms with Gasteiger partial charge in [0.15, 0.2) is 0 Å². The van der Waals surface area contributed by atoms with Crippen LogP contribution in [0.15, 0.2) is 22.8 Å². The minimum Gasteiger partial charge on any atom is -0.444 e. The van der Waals surface area contributed by atoms with Crippen molar-refractivity contribution < 1.29 is 9.53 Å². The van der Waals surface area contributed by atoms with E-state index in [4.69, 9.17) is 4.74 Å². The Morgan fingerprint density at radius 3 is 2.73 bits per heavy atom. The molecule has 1 aliphatic rings. The summed E-state index contributed by atoms with van der Waals surface area (Å²) in [5.41, 5.74) is -0.429. The average Bonchev–Trinajstić information content (AvgIpc) is 2.44. The Bertz CT molecular complexity index is 508. The number of carbonyl (C=O) groups is 1. The molecule has 0 radical (unpaired) electrons. The SMILES string of the molecule is CC(C)(C)OC(=O)N1CCC(CNc2cc(Br)ccn2)CC1. The summed E-state index contributed by atoms with van der Waals surface area (Å²) in [6.45, 7) is 8.08. The van der Waals surface area contributed by atoms with Crippen molar-refractivity contribution in [3.8, 4) is 0 Å². The van der Waals surface area contributed by atoms with Crippen LogP contribution in [0.1, 0.15) is 33.6 Å². The molecule has 1 fully saturated rings. The van der Waals surface area contributed by atoms with Crippen LogP contribution in [-0.2, 0) is 4.74 Å². The van der Waals surface area contributed by atoms with Gasteiger partial charge in [0.1, 0.15) is 11.4 Å². The van der Waals surface area contributed by atoms with Crippen LogP contribution in [0.3, 0.4) is 0 Å². The lowest BCUT2D eigenvalue weighted by atomic mass is 9.97. The zero-order valence-corrected chi connectivity index (χ0v) is 15.0. The van der Waals surface area contributed by atoms with Gasteiger partial charge in [0, 0.05) is 30.3 Å². The summed E-state index contributed by atoms with van der Waals surface area (Å²) < 4.78 is 6.43. The molecule has 0 bridgehead atoms. The second-order valence-corrected chi connectivity index (χ2v) is 7.57. The van der Waals surface area contributed by atoms with Crippen LogP contribution in [0.5, 0.6) is 0 Å². The van der Waals surface area contributed by atoms with Crippen molar-refractivity contribution in [3.63, 3.8) is 0 Å². The third kappa shape index (κ3) is 5.48. The number of aromatic nitrogens is 1. The van der Waals surface area contributed by atoms with Gasteiger partial charge in [-0.05, 0) is 51.7 Å². The van der Waals surface area contributed by atoms with Crippen LogP contribution in [0.25, 0.3) is 0 Å². The lowest BCUT2D eigenvalue weighted by Gasteiger charge is -2.33. The van der Waals surface area contributed by atoms with Crippen LogP contribution in [-0.4, -0.2) is 41.2 Å². The highest BCUT2D eigenvalue weighted by atomic mass is 79.9. The van der Waals surface area contributed by atoms with Gasteiger partial charge in [-0.25, -0.2) is 9.78 Å². The number of likely N-dealkylation sites (tertiary alicyclic amines) is 1. The van der Waals surface area contributed by atoms with Gasteiger partial charge in [-0.1, -0.05) is 15.9 Å². The molecule has 1 N–H and O–H groups in total. The lowest BCUT2D eigenvalue weighted by Crippen LogP contribution is -2.42. The van der Waals surface area contributed by atoms with E-state index in [2.05, 4.69) is 26.2 Å². The van der Waals surface area contributed by atoms with Crippen molar-refractivity contribution in [2.75, 3.05) is 25.0 Å². The number of hydrogen-bond acceptors (Lipinski definition) is 4. The summed E-state index contributed by atoms with van der Waals surface area (Å²) in [4.78, 5) is 18.1.